The van der Waals surface area contributed by atoms with E-state index in [0.29, 0.717) is 11.3 Å². The first-order valence-electron chi connectivity index (χ1n) is 5.71. The van der Waals surface area contributed by atoms with E-state index < -0.39 is 11.9 Å². The van der Waals surface area contributed by atoms with E-state index in [1.807, 2.05) is 0 Å². The summed E-state index contributed by atoms with van der Waals surface area (Å²) in [6, 6.07) is 9.44. The Morgan fingerprint density at radius 2 is 1.79 bits per heavy atom. The van der Waals surface area contributed by atoms with Crippen LogP contribution in [0, 0.1) is 0 Å². The Balaban J connectivity index is 2.06. The predicted molar refractivity (Wildman–Crippen MR) is 68.2 cm³/mol. The summed E-state index contributed by atoms with van der Waals surface area (Å²) in [6.45, 7) is 0.0180. The van der Waals surface area contributed by atoms with Gasteiger partial charge in [0.15, 0.2) is 0 Å². The number of hydrogen-bond acceptors (Lipinski definition) is 4. The van der Waals surface area contributed by atoms with Gasteiger partial charge in [-0.2, -0.15) is 0 Å². The molecule has 0 aliphatic carbocycles. The number of carbonyl (C=O) groups is 1. The van der Waals surface area contributed by atoms with Crippen LogP contribution in [0.15, 0.2) is 48.8 Å². The second-order valence-corrected chi connectivity index (χ2v) is 3.98. The van der Waals surface area contributed by atoms with E-state index in [1.54, 1.807) is 36.7 Å². The highest BCUT2D eigenvalue weighted by Crippen LogP contribution is 2.20. The van der Waals surface area contributed by atoms with Gasteiger partial charge in [-0.1, -0.05) is 0 Å². The highest BCUT2D eigenvalue weighted by atomic mass is 16.5. The van der Waals surface area contributed by atoms with Gasteiger partial charge in [-0.25, -0.2) is 0 Å². The van der Waals surface area contributed by atoms with E-state index in [4.69, 9.17) is 9.84 Å². The van der Waals surface area contributed by atoms with Crippen molar-refractivity contribution in [1.82, 2.24) is 4.98 Å². The molecule has 0 aliphatic rings. The number of carboxylic acid groups (broad SMARTS) is 1. The highest BCUT2D eigenvalue weighted by molar-refractivity contribution is 5.76. The molecule has 0 spiro atoms. The Kier molecular flexibility index (Phi) is 3.97. The first kappa shape index (κ1) is 12.9. The van der Waals surface area contributed by atoms with Gasteiger partial charge in [0, 0.05) is 12.4 Å². The second kappa shape index (κ2) is 5.86. The number of carboxylic acids is 1. The van der Waals surface area contributed by atoms with Crippen LogP contribution in [-0.4, -0.2) is 27.8 Å². The van der Waals surface area contributed by atoms with Gasteiger partial charge in [0.1, 0.15) is 24.0 Å². The summed E-state index contributed by atoms with van der Waals surface area (Å²) in [5, 5.41) is 18.4. The average Bonchev–Trinajstić information content (AvgIpc) is 2.42. The molecule has 1 heterocycles. The van der Waals surface area contributed by atoms with Crippen molar-refractivity contribution in [3.05, 3.63) is 54.4 Å². The second-order valence-electron chi connectivity index (χ2n) is 3.98. The molecule has 1 atom stereocenters. The van der Waals surface area contributed by atoms with Gasteiger partial charge in [-0.05, 0) is 42.0 Å². The Morgan fingerprint density at radius 1 is 1.16 bits per heavy atom. The Labute approximate surface area is 110 Å². The van der Waals surface area contributed by atoms with Gasteiger partial charge in [-0.15, -0.1) is 0 Å². The molecule has 0 radical (unpaired) electrons. The molecular weight excluding hydrogens is 246 g/mol. The number of aromatic hydroxyl groups is 1. The van der Waals surface area contributed by atoms with Crippen molar-refractivity contribution in [1.29, 1.82) is 0 Å². The highest BCUT2D eigenvalue weighted by Gasteiger charge is 2.20. The van der Waals surface area contributed by atoms with E-state index in [2.05, 4.69) is 4.98 Å². The van der Waals surface area contributed by atoms with Crippen molar-refractivity contribution in [2.45, 2.75) is 5.92 Å². The maximum absolute atomic E-state index is 11.2. The zero-order valence-corrected chi connectivity index (χ0v) is 10.1. The topological polar surface area (TPSA) is 79.7 Å². The molecule has 2 rings (SSSR count). The molecule has 98 valence electrons. The Morgan fingerprint density at radius 3 is 2.37 bits per heavy atom. The van der Waals surface area contributed by atoms with E-state index in [1.165, 1.54) is 12.1 Å². The van der Waals surface area contributed by atoms with Gasteiger partial charge >= 0.3 is 5.97 Å². The first-order chi connectivity index (χ1) is 9.16. The minimum absolute atomic E-state index is 0.0180. The van der Waals surface area contributed by atoms with Crippen LogP contribution in [0.25, 0.3) is 0 Å². The number of ether oxygens (including phenoxy) is 1. The summed E-state index contributed by atoms with van der Waals surface area (Å²) in [6.07, 6.45) is 3.09. The van der Waals surface area contributed by atoms with E-state index in [9.17, 15) is 9.90 Å². The molecule has 0 fully saturated rings. The van der Waals surface area contributed by atoms with Gasteiger partial charge in [-0.3, -0.25) is 9.78 Å². The van der Waals surface area contributed by atoms with Crippen LogP contribution in [0.5, 0.6) is 11.5 Å². The minimum atomic E-state index is -0.954. The summed E-state index contributed by atoms with van der Waals surface area (Å²) < 4.78 is 5.43. The van der Waals surface area contributed by atoms with Crippen LogP contribution in [-0.2, 0) is 4.79 Å². The van der Waals surface area contributed by atoms with Crippen LogP contribution in [0.1, 0.15) is 11.5 Å². The van der Waals surface area contributed by atoms with Crippen molar-refractivity contribution in [3.63, 3.8) is 0 Å². The van der Waals surface area contributed by atoms with Crippen molar-refractivity contribution in [2.75, 3.05) is 6.61 Å². The van der Waals surface area contributed by atoms with Crippen molar-refractivity contribution in [2.24, 2.45) is 0 Å². The smallest absolute Gasteiger partial charge is 0.314 e. The van der Waals surface area contributed by atoms with Crippen molar-refractivity contribution in [3.8, 4) is 11.5 Å². The molecule has 5 nitrogen and oxygen atoms in total. The molecule has 0 aliphatic heterocycles. The summed E-state index contributed by atoms with van der Waals surface area (Å²) in [4.78, 5) is 15.1. The van der Waals surface area contributed by atoms with E-state index in [0.717, 1.165) is 0 Å². The maximum Gasteiger partial charge on any atom is 0.314 e. The monoisotopic (exact) mass is 259 g/mol. The number of rotatable bonds is 5. The van der Waals surface area contributed by atoms with Gasteiger partial charge < -0.3 is 14.9 Å². The summed E-state index contributed by atoms with van der Waals surface area (Å²) in [5.41, 5.74) is 0.640. The Hall–Kier alpha value is -2.56. The van der Waals surface area contributed by atoms with Gasteiger partial charge in [0.05, 0.1) is 0 Å². The molecule has 5 heteroatoms. The Bertz CT molecular complexity index is 539. The molecule has 19 heavy (non-hydrogen) atoms. The van der Waals surface area contributed by atoms with Crippen LogP contribution in [0.2, 0.25) is 0 Å². The quantitative estimate of drug-likeness (QED) is 0.858. The summed E-state index contributed by atoms with van der Waals surface area (Å²) in [5.74, 6) is -1.06. The fraction of sp³-hybridized carbons (Fsp3) is 0.143. The number of hydrogen-bond donors (Lipinski definition) is 2. The lowest BCUT2D eigenvalue weighted by atomic mass is 10.0. The molecular formula is C14H13NO4. The van der Waals surface area contributed by atoms with Crippen molar-refractivity contribution >= 4 is 5.97 Å². The van der Waals surface area contributed by atoms with E-state index in [-0.39, 0.29) is 12.4 Å². The number of nitrogens with zero attached hydrogens (tertiary/aromatic N) is 1. The number of aliphatic carboxylic acids is 1. The maximum atomic E-state index is 11.2. The SMILES string of the molecule is O=C(O)C(COc1ccc(O)cc1)c1ccncc1. The zero-order chi connectivity index (χ0) is 13.7. The molecule has 0 saturated carbocycles. The van der Waals surface area contributed by atoms with Gasteiger partial charge in [0.2, 0.25) is 0 Å². The largest absolute Gasteiger partial charge is 0.508 e. The number of phenolic OH excluding ortho intramolecular Hbond substituents is 1. The van der Waals surface area contributed by atoms with E-state index >= 15 is 0 Å². The molecule has 2 aromatic rings. The lowest BCUT2D eigenvalue weighted by Crippen LogP contribution is -2.19. The zero-order valence-electron chi connectivity index (χ0n) is 10.1. The normalized spacial score (nSPS) is 11.8. The molecule has 0 bridgehead atoms. The van der Waals surface area contributed by atoms with Gasteiger partial charge in [0.25, 0.3) is 0 Å². The minimum Gasteiger partial charge on any atom is -0.508 e. The molecule has 0 saturated heterocycles. The fourth-order valence-corrected chi connectivity index (χ4v) is 1.63. The average molecular weight is 259 g/mol. The third kappa shape index (κ3) is 3.45. The molecule has 0 amide bonds. The lowest BCUT2D eigenvalue weighted by molar-refractivity contribution is -0.139. The summed E-state index contributed by atoms with van der Waals surface area (Å²) >= 11 is 0. The number of phenols is 1. The van der Waals surface area contributed by atoms with Crippen LogP contribution < -0.4 is 4.74 Å². The third-order valence-electron chi connectivity index (χ3n) is 2.66. The standard InChI is InChI=1S/C14H13NO4/c16-11-1-3-12(4-2-11)19-9-13(14(17)18)10-5-7-15-8-6-10/h1-8,13,16H,9H2,(H,17,18). The van der Waals surface area contributed by atoms with Crippen LogP contribution in [0.3, 0.4) is 0 Å². The number of benzene rings is 1. The molecule has 2 N–H and O–H groups in total. The van der Waals surface area contributed by atoms with Crippen LogP contribution >= 0.6 is 0 Å². The first-order valence-corrected chi connectivity index (χ1v) is 5.71. The molecule has 1 unspecified atom stereocenters. The summed E-state index contributed by atoms with van der Waals surface area (Å²) in [7, 11) is 0. The van der Waals surface area contributed by atoms with Crippen molar-refractivity contribution < 1.29 is 19.7 Å². The lowest BCUT2D eigenvalue weighted by Gasteiger charge is -2.13. The fourth-order valence-electron chi connectivity index (χ4n) is 1.63. The third-order valence-corrected chi connectivity index (χ3v) is 2.66. The predicted octanol–water partition coefficient (Wildman–Crippen LogP) is 2.03. The molecule has 1 aromatic carbocycles. The number of pyridine rings is 1. The number of aromatic nitrogens is 1. The molecule has 1 aromatic heterocycles. The van der Waals surface area contributed by atoms with Crippen LogP contribution in [0.4, 0.5) is 0 Å².